The van der Waals surface area contributed by atoms with Crippen LogP contribution in [-0.4, -0.2) is 0 Å². The van der Waals surface area contributed by atoms with Crippen LogP contribution in [0.25, 0.3) is 54.0 Å². The molecule has 0 saturated carbocycles. The number of hydrogen-bond donors (Lipinski definition) is 0. The van der Waals surface area contributed by atoms with Crippen LogP contribution in [0, 0.1) is 6.92 Å². The van der Waals surface area contributed by atoms with E-state index in [0.717, 1.165) is 0 Å². The van der Waals surface area contributed by atoms with Crippen LogP contribution in [0.2, 0.25) is 0 Å². The van der Waals surface area contributed by atoms with Gasteiger partial charge in [-0.05, 0) is 50.9 Å². The van der Waals surface area contributed by atoms with Crippen molar-refractivity contribution in [3.05, 3.63) is 78.5 Å². The van der Waals surface area contributed by atoms with E-state index in [9.17, 15) is 0 Å². The second-order valence-electron chi connectivity index (χ2n) is 7.35. The second-order valence-corrected chi connectivity index (χ2v) is 7.35. The third-order valence-electron chi connectivity index (χ3n) is 5.98. The molecule has 1 nitrogen and oxygen atoms in total. The van der Waals surface area contributed by atoms with Gasteiger partial charge in [-0.3, -0.25) is 0 Å². The minimum Gasteiger partial charge on any atom is -0.200 e. The quantitative estimate of drug-likeness (QED) is 0.182. The van der Waals surface area contributed by atoms with Gasteiger partial charge in [0.25, 0.3) is 0 Å². The largest absolute Gasteiger partial charge is 0.221 e. The molecule has 26 heavy (non-hydrogen) atoms. The first-order valence-corrected chi connectivity index (χ1v) is 9.11. The minimum atomic E-state index is 1.31. The Kier molecular flexibility index (Phi) is 2.54. The summed E-state index contributed by atoms with van der Waals surface area (Å²) in [4.78, 5) is 0. The van der Waals surface area contributed by atoms with Crippen LogP contribution in [0.15, 0.2) is 72.9 Å². The highest BCUT2D eigenvalue weighted by atomic mass is 14.9. The summed E-state index contributed by atoms with van der Waals surface area (Å²) in [5.41, 5.74) is 2.71. The summed E-state index contributed by atoms with van der Waals surface area (Å²) in [7, 11) is 2.17. The van der Waals surface area contributed by atoms with Gasteiger partial charge >= 0.3 is 0 Å². The molecule has 1 heterocycles. The molecule has 0 radical (unpaired) electrons. The van der Waals surface area contributed by atoms with Crippen molar-refractivity contribution in [2.75, 3.05) is 0 Å². The molecule has 0 aliphatic heterocycles. The Morgan fingerprint density at radius 2 is 1.35 bits per heavy atom. The first-order chi connectivity index (χ1) is 12.7. The summed E-state index contributed by atoms with van der Waals surface area (Å²) >= 11 is 0. The summed E-state index contributed by atoms with van der Waals surface area (Å²) in [6, 6.07) is 24.6. The highest BCUT2D eigenvalue weighted by Gasteiger charge is 2.21. The zero-order chi connectivity index (χ0) is 17.4. The van der Waals surface area contributed by atoms with Crippen molar-refractivity contribution in [1.29, 1.82) is 0 Å². The molecule has 0 aliphatic rings. The molecule has 0 saturated heterocycles. The van der Waals surface area contributed by atoms with E-state index in [0.29, 0.717) is 0 Å². The van der Waals surface area contributed by atoms with Gasteiger partial charge < -0.3 is 0 Å². The maximum absolute atomic E-state index is 2.38. The molecule has 0 N–H and O–H groups in total. The zero-order valence-electron chi connectivity index (χ0n) is 14.9. The van der Waals surface area contributed by atoms with Crippen molar-refractivity contribution in [3.8, 4) is 0 Å². The summed E-state index contributed by atoms with van der Waals surface area (Å²) in [6.45, 7) is 2.27. The van der Waals surface area contributed by atoms with E-state index >= 15 is 0 Å². The predicted octanol–water partition coefficient (Wildman–Crippen LogP) is 6.02. The van der Waals surface area contributed by atoms with Gasteiger partial charge in [0, 0.05) is 11.5 Å². The molecule has 122 valence electrons. The van der Waals surface area contributed by atoms with Gasteiger partial charge in [-0.2, -0.15) is 0 Å². The van der Waals surface area contributed by atoms with Crippen molar-refractivity contribution >= 4 is 54.0 Å². The number of aryl methyl sites for hydroxylation is 2. The fraction of sp³-hybridized carbons (Fsp3) is 0.0800. The highest BCUT2D eigenvalue weighted by molar-refractivity contribution is 6.33. The van der Waals surface area contributed by atoms with Crippen molar-refractivity contribution in [1.82, 2.24) is 0 Å². The van der Waals surface area contributed by atoms with E-state index in [2.05, 4.69) is 91.5 Å². The monoisotopic (exact) mass is 332 g/mol. The van der Waals surface area contributed by atoms with Crippen molar-refractivity contribution in [2.24, 2.45) is 7.05 Å². The lowest BCUT2D eigenvalue weighted by Crippen LogP contribution is -2.28. The summed E-state index contributed by atoms with van der Waals surface area (Å²) in [5, 5.41) is 12.2. The van der Waals surface area contributed by atoms with Crippen LogP contribution in [-0.2, 0) is 7.05 Å². The number of nitrogens with zero attached hydrogens (tertiary/aromatic N) is 1. The van der Waals surface area contributed by atoms with E-state index in [1.54, 1.807) is 0 Å². The SMILES string of the molecule is Cc1c2ccccc2cc2c3cccc4ccc5cc[n+](C)c(c12)c5c43. The average Bonchev–Trinajstić information content (AvgIpc) is 2.68. The van der Waals surface area contributed by atoms with E-state index in [1.807, 2.05) is 0 Å². The molecule has 0 aliphatic carbocycles. The zero-order valence-corrected chi connectivity index (χ0v) is 14.9. The minimum absolute atomic E-state index is 1.31. The number of hydrogen-bond acceptors (Lipinski definition) is 0. The molecule has 0 spiro atoms. The van der Waals surface area contributed by atoms with Gasteiger partial charge in [-0.1, -0.05) is 54.6 Å². The van der Waals surface area contributed by atoms with Gasteiger partial charge in [0.15, 0.2) is 6.20 Å². The van der Waals surface area contributed by atoms with Crippen molar-refractivity contribution in [3.63, 3.8) is 0 Å². The Hall–Kier alpha value is -3.19. The Bertz CT molecular complexity index is 1490. The number of rotatable bonds is 0. The number of benzene rings is 5. The summed E-state index contributed by atoms with van der Waals surface area (Å²) < 4.78 is 2.29. The second kappa shape index (κ2) is 4.70. The molecular formula is C25H18N+. The third kappa shape index (κ3) is 1.58. The lowest BCUT2D eigenvalue weighted by molar-refractivity contribution is -0.643. The number of pyridine rings is 1. The maximum Gasteiger partial charge on any atom is 0.221 e. The molecule has 0 fully saturated rings. The molecule has 6 rings (SSSR count). The van der Waals surface area contributed by atoms with Crippen LogP contribution >= 0.6 is 0 Å². The van der Waals surface area contributed by atoms with Crippen LogP contribution in [0.5, 0.6) is 0 Å². The van der Waals surface area contributed by atoms with E-state index in [4.69, 9.17) is 0 Å². The first kappa shape index (κ1) is 14.0. The Labute approximate surface area is 151 Å². The molecule has 0 atom stereocenters. The standard InChI is InChI=1S/C25H18N/c1-15-19-8-4-3-6-18(19)14-21-20-9-5-7-16-10-11-17-12-13-26(2)25(22(15)21)24(17)23(16)20/h3-14H,1-2H3/q+1. The number of fused-ring (bicyclic) bond motifs is 4. The molecule has 6 aromatic rings. The number of aromatic nitrogens is 1. The van der Waals surface area contributed by atoms with Crippen LogP contribution in [0.3, 0.4) is 0 Å². The predicted molar refractivity (Wildman–Crippen MR) is 111 cm³/mol. The van der Waals surface area contributed by atoms with E-state index in [1.165, 1.54) is 59.6 Å². The fourth-order valence-corrected chi connectivity index (χ4v) is 4.80. The van der Waals surface area contributed by atoms with E-state index < -0.39 is 0 Å². The average molecular weight is 332 g/mol. The van der Waals surface area contributed by atoms with Crippen molar-refractivity contribution < 1.29 is 4.57 Å². The van der Waals surface area contributed by atoms with Gasteiger partial charge in [0.2, 0.25) is 5.52 Å². The Balaban J connectivity index is 2.11. The van der Waals surface area contributed by atoms with Gasteiger partial charge in [-0.15, -0.1) is 0 Å². The van der Waals surface area contributed by atoms with Crippen LogP contribution in [0.1, 0.15) is 5.56 Å². The molecule has 0 amide bonds. The smallest absolute Gasteiger partial charge is 0.200 e. The van der Waals surface area contributed by atoms with Gasteiger partial charge in [0.1, 0.15) is 7.05 Å². The Morgan fingerprint density at radius 1 is 0.615 bits per heavy atom. The molecule has 1 aromatic heterocycles. The third-order valence-corrected chi connectivity index (χ3v) is 5.98. The topological polar surface area (TPSA) is 3.88 Å². The Morgan fingerprint density at radius 3 is 2.23 bits per heavy atom. The lowest BCUT2D eigenvalue weighted by atomic mass is 9.88. The highest BCUT2D eigenvalue weighted by Crippen LogP contribution is 2.41. The van der Waals surface area contributed by atoms with E-state index in [-0.39, 0.29) is 0 Å². The fourth-order valence-electron chi connectivity index (χ4n) is 4.80. The summed E-state index contributed by atoms with van der Waals surface area (Å²) in [5.74, 6) is 0. The molecular weight excluding hydrogens is 314 g/mol. The summed E-state index contributed by atoms with van der Waals surface area (Å²) in [6.07, 6.45) is 2.19. The first-order valence-electron chi connectivity index (χ1n) is 9.11. The molecule has 1 heteroatoms. The van der Waals surface area contributed by atoms with Crippen LogP contribution in [0.4, 0.5) is 0 Å². The van der Waals surface area contributed by atoms with Crippen LogP contribution < -0.4 is 4.57 Å². The molecule has 5 aromatic carbocycles. The van der Waals surface area contributed by atoms with Gasteiger partial charge in [-0.25, -0.2) is 4.57 Å². The lowest BCUT2D eigenvalue weighted by Gasteiger charge is -2.15. The molecule has 0 bridgehead atoms. The normalized spacial score (nSPS) is 12.2. The maximum atomic E-state index is 2.38. The van der Waals surface area contributed by atoms with Gasteiger partial charge in [0.05, 0.1) is 10.8 Å². The molecule has 0 unspecified atom stereocenters. The van der Waals surface area contributed by atoms with Crippen molar-refractivity contribution in [2.45, 2.75) is 6.92 Å².